The van der Waals surface area contributed by atoms with Gasteiger partial charge in [-0.25, -0.2) is 19.5 Å². The molecule has 0 bridgehead atoms. The zero-order chi connectivity index (χ0) is 21.4. The van der Waals surface area contributed by atoms with Crippen LogP contribution < -0.4 is 10.0 Å². The van der Waals surface area contributed by atoms with Crippen molar-refractivity contribution in [2.45, 2.75) is 43.7 Å². The molecule has 0 spiro atoms. The Balaban J connectivity index is 1.35. The van der Waals surface area contributed by atoms with Gasteiger partial charge in [-0.05, 0) is 66.3 Å². The van der Waals surface area contributed by atoms with Crippen LogP contribution in [0, 0.1) is 0 Å². The number of nitrogens with zero attached hydrogens (tertiary/aromatic N) is 2. The Morgan fingerprint density at radius 2 is 1.45 bits per heavy atom. The Labute approximate surface area is 181 Å². The maximum atomic E-state index is 12.7. The Morgan fingerprint density at radius 3 is 2.06 bits per heavy atom. The maximum absolute atomic E-state index is 12.7. The van der Waals surface area contributed by atoms with Gasteiger partial charge in [0.05, 0.1) is 0 Å². The molecular formula is C23H22N4O3S. The number of sulfonamides is 1. The highest BCUT2D eigenvalue weighted by molar-refractivity contribution is 7.89. The van der Waals surface area contributed by atoms with Crippen LogP contribution in [-0.4, -0.2) is 24.4 Å². The lowest BCUT2D eigenvalue weighted by molar-refractivity contribution is 0.256. The van der Waals surface area contributed by atoms with E-state index in [9.17, 15) is 13.2 Å². The lowest BCUT2D eigenvalue weighted by atomic mass is 9.99. The Hall–Kier alpha value is -3.26. The molecule has 3 aromatic rings. The van der Waals surface area contributed by atoms with Crippen LogP contribution in [0.1, 0.15) is 35.1 Å². The SMILES string of the molecule is O=C(Nc1c2c(cc3c1CCC3)CCC2)NS(=O)(=O)c1ncc(-c2ccccc2)cn1. The summed E-state index contributed by atoms with van der Waals surface area (Å²) in [5.74, 6) is 0. The molecule has 31 heavy (non-hydrogen) atoms. The molecule has 0 radical (unpaired) electrons. The number of carbonyl (C=O) groups excluding carboxylic acids is 1. The number of carbonyl (C=O) groups is 1. The molecule has 0 atom stereocenters. The highest BCUT2D eigenvalue weighted by Gasteiger charge is 2.27. The molecule has 2 amide bonds. The predicted octanol–water partition coefficient (Wildman–Crippen LogP) is 3.63. The molecule has 2 aliphatic rings. The minimum atomic E-state index is -4.19. The van der Waals surface area contributed by atoms with Gasteiger partial charge in [-0.2, -0.15) is 8.42 Å². The normalized spacial score (nSPS) is 14.7. The van der Waals surface area contributed by atoms with Gasteiger partial charge < -0.3 is 5.32 Å². The van der Waals surface area contributed by atoms with Crippen molar-refractivity contribution in [3.8, 4) is 11.1 Å². The quantitative estimate of drug-likeness (QED) is 0.611. The second-order valence-electron chi connectivity index (χ2n) is 7.91. The highest BCUT2D eigenvalue weighted by Crippen LogP contribution is 2.38. The summed E-state index contributed by atoms with van der Waals surface area (Å²) in [6.07, 6.45) is 8.77. The number of urea groups is 1. The Morgan fingerprint density at radius 1 is 0.839 bits per heavy atom. The fourth-order valence-electron chi connectivity index (χ4n) is 4.51. The third-order valence-corrected chi connectivity index (χ3v) is 7.06. The van der Waals surface area contributed by atoms with Gasteiger partial charge >= 0.3 is 16.1 Å². The van der Waals surface area contributed by atoms with Crippen LogP contribution in [0.3, 0.4) is 0 Å². The fraction of sp³-hybridized carbons (Fsp3) is 0.261. The topological polar surface area (TPSA) is 101 Å². The minimum absolute atomic E-state index is 0.439. The van der Waals surface area contributed by atoms with Gasteiger partial charge in [0.15, 0.2) is 0 Å². The summed E-state index contributed by atoms with van der Waals surface area (Å²) in [7, 11) is -4.19. The minimum Gasteiger partial charge on any atom is -0.307 e. The number of rotatable bonds is 4. The number of nitrogens with one attached hydrogen (secondary N) is 2. The lowest BCUT2D eigenvalue weighted by Crippen LogP contribution is -2.35. The number of amides is 2. The first-order valence-electron chi connectivity index (χ1n) is 10.4. The molecule has 5 rings (SSSR count). The zero-order valence-electron chi connectivity index (χ0n) is 16.9. The van der Waals surface area contributed by atoms with Gasteiger partial charge in [-0.15, -0.1) is 0 Å². The molecule has 0 saturated heterocycles. The van der Waals surface area contributed by atoms with Gasteiger partial charge in [-0.3, -0.25) is 0 Å². The largest absolute Gasteiger partial charge is 0.333 e. The number of hydrogen-bond acceptors (Lipinski definition) is 5. The molecule has 8 heteroatoms. The van der Waals surface area contributed by atoms with E-state index in [1.54, 1.807) is 0 Å². The number of hydrogen-bond donors (Lipinski definition) is 2. The molecule has 2 N–H and O–H groups in total. The van der Waals surface area contributed by atoms with Crippen molar-refractivity contribution in [2.75, 3.05) is 5.32 Å². The average molecular weight is 435 g/mol. The van der Waals surface area contributed by atoms with Crippen LogP contribution in [0.2, 0.25) is 0 Å². The van der Waals surface area contributed by atoms with Crippen molar-refractivity contribution in [3.05, 3.63) is 71.0 Å². The molecular weight excluding hydrogens is 412 g/mol. The molecule has 0 fully saturated rings. The number of aromatic nitrogens is 2. The molecule has 1 heterocycles. The molecule has 1 aromatic heterocycles. The van der Waals surface area contributed by atoms with Crippen LogP contribution in [0.5, 0.6) is 0 Å². The van der Waals surface area contributed by atoms with Crippen LogP contribution >= 0.6 is 0 Å². The molecule has 0 unspecified atom stereocenters. The van der Waals surface area contributed by atoms with Crippen molar-refractivity contribution >= 4 is 21.7 Å². The first-order chi connectivity index (χ1) is 15.0. The van der Waals surface area contributed by atoms with E-state index < -0.39 is 21.2 Å². The van der Waals surface area contributed by atoms with Gasteiger partial charge in [0.2, 0.25) is 0 Å². The smallest absolute Gasteiger partial charge is 0.307 e. The summed E-state index contributed by atoms with van der Waals surface area (Å²) >= 11 is 0. The van der Waals surface area contributed by atoms with E-state index in [-0.39, 0.29) is 0 Å². The third kappa shape index (κ3) is 3.79. The summed E-state index contributed by atoms with van der Waals surface area (Å²) in [6, 6.07) is 10.9. The van der Waals surface area contributed by atoms with E-state index in [4.69, 9.17) is 0 Å². The van der Waals surface area contributed by atoms with Gasteiger partial charge in [-0.1, -0.05) is 36.4 Å². The molecule has 0 saturated carbocycles. The monoisotopic (exact) mass is 434 g/mol. The van der Waals surface area contributed by atoms with Crippen molar-refractivity contribution in [2.24, 2.45) is 0 Å². The van der Waals surface area contributed by atoms with Gasteiger partial charge in [0.25, 0.3) is 5.16 Å². The van der Waals surface area contributed by atoms with Crippen LogP contribution in [0.15, 0.2) is 53.9 Å². The predicted molar refractivity (Wildman–Crippen MR) is 117 cm³/mol. The zero-order valence-corrected chi connectivity index (χ0v) is 17.7. The molecule has 158 valence electrons. The van der Waals surface area contributed by atoms with E-state index in [1.165, 1.54) is 23.5 Å². The second kappa shape index (κ2) is 7.77. The van der Waals surface area contributed by atoms with Crippen LogP contribution in [0.4, 0.5) is 10.5 Å². The fourth-order valence-corrected chi connectivity index (χ4v) is 5.28. The number of aryl methyl sites for hydroxylation is 2. The summed E-state index contributed by atoms with van der Waals surface area (Å²) < 4.78 is 27.4. The summed E-state index contributed by atoms with van der Waals surface area (Å²) in [5, 5.41) is 2.38. The highest BCUT2D eigenvalue weighted by atomic mass is 32.2. The van der Waals surface area contributed by atoms with E-state index in [1.807, 2.05) is 30.3 Å². The summed E-state index contributed by atoms with van der Waals surface area (Å²) in [6.45, 7) is 0. The first-order valence-corrected chi connectivity index (χ1v) is 11.9. The van der Waals surface area contributed by atoms with Crippen LogP contribution in [0.25, 0.3) is 11.1 Å². The Kier molecular flexibility index (Phi) is 4.94. The van der Waals surface area contributed by atoms with E-state index in [2.05, 4.69) is 26.1 Å². The number of benzene rings is 2. The summed E-state index contributed by atoms with van der Waals surface area (Å²) in [5.41, 5.74) is 7.16. The van der Waals surface area contributed by atoms with Crippen molar-refractivity contribution in [1.82, 2.24) is 14.7 Å². The van der Waals surface area contributed by atoms with Crippen molar-refractivity contribution < 1.29 is 13.2 Å². The summed E-state index contributed by atoms with van der Waals surface area (Å²) in [4.78, 5) is 20.6. The maximum Gasteiger partial charge on any atom is 0.333 e. The lowest BCUT2D eigenvalue weighted by Gasteiger charge is -2.16. The average Bonchev–Trinajstić information content (AvgIpc) is 3.43. The first kappa shape index (κ1) is 19.7. The van der Waals surface area contributed by atoms with E-state index >= 15 is 0 Å². The van der Waals surface area contributed by atoms with E-state index in [0.717, 1.165) is 60.9 Å². The van der Waals surface area contributed by atoms with Crippen LogP contribution in [-0.2, 0) is 35.7 Å². The number of anilines is 1. The van der Waals surface area contributed by atoms with Gasteiger partial charge in [0.1, 0.15) is 0 Å². The van der Waals surface area contributed by atoms with Crippen molar-refractivity contribution in [3.63, 3.8) is 0 Å². The van der Waals surface area contributed by atoms with E-state index in [0.29, 0.717) is 5.56 Å². The standard InChI is InChI=1S/C23H22N4O3S/c28-22(26-21-19-10-4-8-16(19)12-17-9-5-11-20(17)21)27-31(29,30)23-24-13-18(14-25-23)15-6-2-1-3-7-15/h1-3,6-7,12-14H,4-5,8-11H2,(H2,26,27,28). The molecule has 2 aliphatic carbocycles. The Bertz CT molecular complexity index is 1220. The second-order valence-corrected chi connectivity index (χ2v) is 9.49. The third-order valence-electron chi connectivity index (χ3n) is 5.91. The van der Waals surface area contributed by atoms with Crippen molar-refractivity contribution in [1.29, 1.82) is 0 Å². The molecule has 0 aliphatic heterocycles. The number of fused-ring (bicyclic) bond motifs is 2. The molecule has 7 nitrogen and oxygen atoms in total. The van der Waals surface area contributed by atoms with Gasteiger partial charge in [0, 0.05) is 23.6 Å². The molecule has 2 aromatic carbocycles.